The predicted octanol–water partition coefficient (Wildman–Crippen LogP) is 2.95. The van der Waals surface area contributed by atoms with Crippen molar-refractivity contribution in [2.24, 2.45) is 0 Å². The molecule has 0 saturated carbocycles. The lowest BCUT2D eigenvalue weighted by atomic mass is 10.1. The molecule has 6 heteroatoms. The molecule has 3 rings (SSSR count). The lowest BCUT2D eigenvalue weighted by Crippen LogP contribution is -2.54. The fourth-order valence-electron chi connectivity index (χ4n) is 3.61. The number of rotatable bonds is 2. The molecule has 0 bridgehead atoms. The van der Waals surface area contributed by atoms with E-state index in [9.17, 15) is 9.59 Å². The minimum absolute atomic E-state index is 0.00922. The monoisotopic (exact) mass is 345 g/mol. The lowest BCUT2D eigenvalue weighted by Gasteiger charge is -2.41. The Morgan fingerprint density at radius 2 is 1.76 bits per heavy atom. The van der Waals surface area contributed by atoms with E-state index in [1.807, 2.05) is 25.7 Å². The molecule has 2 heterocycles. The zero-order chi connectivity index (χ0) is 18.0. The van der Waals surface area contributed by atoms with Crippen molar-refractivity contribution in [2.45, 2.75) is 45.3 Å². The van der Waals surface area contributed by atoms with Crippen LogP contribution >= 0.6 is 0 Å². The van der Waals surface area contributed by atoms with Crippen LogP contribution in [0.4, 0.5) is 10.5 Å². The first-order chi connectivity index (χ1) is 11.8. The number of nitrogens with zero attached hydrogens (tertiary/aromatic N) is 2. The number of nitrogens with one attached hydrogen (secondary N) is 1. The van der Waals surface area contributed by atoms with Crippen LogP contribution in [0.15, 0.2) is 24.3 Å². The highest BCUT2D eigenvalue weighted by Crippen LogP contribution is 2.22. The lowest BCUT2D eigenvalue weighted by molar-refractivity contribution is -0.116. The Morgan fingerprint density at radius 3 is 2.36 bits per heavy atom. The van der Waals surface area contributed by atoms with E-state index in [4.69, 9.17) is 4.74 Å². The highest BCUT2D eigenvalue weighted by atomic mass is 16.5. The molecule has 0 aromatic heterocycles. The van der Waals surface area contributed by atoms with Crippen LogP contribution < -0.4 is 5.32 Å². The summed E-state index contributed by atoms with van der Waals surface area (Å²) in [6.07, 6.45) is 2.16. The molecule has 2 aliphatic heterocycles. The van der Waals surface area contributed by atoms with E-state index in [0.29, 0.717) is 24.3 Å². The van der Waals surface area contributed by atoms with Crippen LogP contribution in [0.1, 0.15) is 44.0 Å². The smallest absolute Gasteiger partial charge is 0.322 e. The molecular weight excluding hydrogens is 318 g/mol. The Morgan fingerprint density at radius 1 is 1.12 bits per heavy atom. The number of hydrogen-bond donors (Lipinski definition) is 1. The Kier molecular flexibility index (Phi) is 4.99. The van der Waals surface area contributed by atoms with E-state index in [-0.39, 0.29) is 23.6 Å². The molecule has 0 radical (unpaired) electrons. The molecule has 1 aromatic rings. The van der Waals surface area contributed by atoms with Crippen molar-refractivity contribution in [1.29, 1.82) is 0 Å². The summed E-state index contributed by atoms with van der Waals surface area (Å²) in [7, 11) is 0. The molecule has 0 aliphatic carbocycles. The van der Waals surface area contributed by atoms with Crippen molar-refractivity contribution in [1.82, 2.24) is 9.80 Å². The number of amides is 3. The fourth-order valence-corrected chi connectivity index (χ4v) is 3.61. The second kappa shape index (κ2) is 7.04. The van der Waals surface area contributed by atoms with Crippen LogP contribution in [-0.2, 0) is 4.74 Å². The standard InChI is InChI=1S/C19H27N3O3/c1-14-12-22(13-19(2,3)25-14)18(24)20-16-8-6-15(7-9-16)17(23)21-10-4-5-11-21/h6-9,14H,4-5,10-13H2,1-3H3,(H,20,24). The van der Waals surface area contributed by atoms with Gasteiger partial charge in [0.2, 0.25) is 0 Å². The maximum Gasteiger partial charge on any atom is 0.322 e. The van der Waals surface area contributed by atoms with Crippen molar-refractivity contribution < 1.29 is 14.3 Å². The summed E-state index contributed by atoms with van der Waals surface area (Å²) in [4.78, 5) is 28.5. The average molecular weight is 345 g/mol. The summed E-state index contributed by atoms with van der Waals surface area (Å²) in [6.45, 7) is 8.74. The van der Waals surface area contributed by atoms with Gasteiger partial charge in [0.15, 0.2) is 0 Å². The van der Waals surface area contributed by atoms with Gasteiger partial charge in [-0.1, -0.05) is 0 Å². The van der Waals surface area contributed by atoms with E-state index in [2.05, 4.69) is 5.32 Å². The molecule has 2 fully saturated rings. The highest BCUT2D eigenvalue weighted by molar-refractivity contribution is 5.95. The molecule has 3 amide bonds. The number of carbonyl (C=O) groups excluding carboxylic acids is 2. The third kappa shape index (κ3) is 4.31. The van der Waals surface area contributed by atoms with Gasteiger partial charge in [0.05, 0.1) is 18.2 Å². The molecule has 1 N–H and O–H groups in total. The average Bonchev–Trinajstić information content (AvgIpc) is 3.07. The Hall–Kier alpha value is -2.08. The van der Waals surface area contributed by atoms with Crippen molar-refractivity contribution in [3.05, 3.63) is 29.8 Å². The van der Waals surface area contributed by atoms with E-state index in [0.717, 1.165) is 25.9 Å². The summed E-state index contributed by atoms with van der Waals surface area (Å²) < 4.78 is 5.83. The third-order valence-electron chi connectivity index (χ3n) is 4.63. The Bertz CT molecular complexity index is 636. The highest BCUT2D eigenvalue weighted by Gasteiger charge is 2.33. The summed E-state index contributed by atoms with van der Waals surface area (Å²) in [5.41, 5.74) is 1.02. The van der Waals surface area contributed by atoms with Crippen molar-refractivity contribution in [3.63, 3.8) is 0 Å². The van der Waals surface area contributed by atoms with Gasteiger partial charge in [-0.15, -0.1) is 0 Å². The van der Waals surface area contributed by atoms with Crippen molar-refractivity contribution in [3.8, 4) is 0 Å². The maximum absolute atomic E-state index is 12.5. The molecular formula is C19H27N3O3. The largest absolute Gasteiger partial charge is 0.369 e. The second-order valence-electron chi connectivity index (χ2n) is 7.58. The van der Waals surface area contributed by atoms with Gasteiger partial charge in [0.25, 0.3) is 5.91 Å². The minimum Gasteiger partial charge on any atom is -0.369 e. The number of urea groups is 1. The summed E-state index contributed by atoms with van der Waals surface area (Å²) in [6, 6.07) is 7.00. The van der Waals surface area contributed by atoms with Gasteiger partial charge in [-0.3, -0.25) is 4.79 Å². The zero-order valence-electron chi connectivity index (χ0n) is 15.2. The zero-order valence-corrected chi connectivity index (χ0v) is 15.2. The van der Waals surface area contributed by atoms with Gasteiger partial charge in [0, 0.05) is 30.9 Å². The van der Waals surface area contributed by atoms with Gasteiger partial charge < -0.3 is 19.9 Å². The molecule has 2 saturated heterocycles. The Balaban J connectivity index is 1.61. The van der Waals surface area contributed by atoms with E-state index in [1.165, 1.54) is 0 Å². The first-order valence-electron chi connectivity index (χ1n) is 8.97. The van der Waals surface area contributed by atoms with Crippen molar-refractivity contribution >= 4 is 17.6 Å². The topological polar surface area (TPSA) is 61.9 Å². The quantitative estimate of drug-likeness (QED) is 0.896. The van der Waals surface area contributed by atoms with Crippen molar-refractivity contribution in [2.75, 3.05) is 31.5 Å². The van der Waals surface area contributed by atoms with Gasteiger partial charge in [-0.05, 0) is 57.9 Å². The summed E-state index contributed by atoms with van der Waals surface area (Å²) in [5.74, 6) is 0.0686. The summed E-state index contributed by atoms with van der Waals surface area (Å²) in [5, 5.41) is 2.91. The summed E-state index contributed by atoms with van der Waals surface area (Å²) >= 11 is 0. The molecule has 1 aromatic carbocycles. The number of anilines is 1. The molecule has 25 heavy (non-hydrogen) atoms. The van der Waals surface area contributed by atoms with E-state index in [1.54, 1.807) is 29.2 Å². The van der Waals surface area contributed by atoms with Gasteiger partial charge >= 0.3 is 6.03 Å². The molecule has 136 valence electrons. The second-order valence-corrected chi connectivity index (χ2v) is 7.58. The first-order valence-corrected chi connectivity index (χ1v) is 8.97. The van der Waals surface area contributed by atoms with Crippen LogP contribution in [0.25, 0.3) is 0 Å². The van der Waals surface area contributed by atoms with Gasteiger partial charge in [-0.25, -0.2) is 4.79 Å². The molecule has 6 nitrogen and oxygen atoms in total. The van der Waals surface area contributed by atoms with E-state index >= 15 is 0 Å². The number of morpholine rings is 1. The van der Waals surface area contributed by atoms with Crippen LogP contribution in [-0.4, -0.2) is 59.6 Å². The number of benzene rings is 1. The van der Waals surface area contributed by atoms with Crippen LogP contribution in [0.5, 0.6) is 0 Å². The minimum atomic E-state index is -0.346. The molecule has 1 unspecified atom stereocenters. The SMILES string of the molecule is CC1CN(C(=O)Nc2ccc(C(=O)N3CCCC3)cc2)CC(C)(C)O1. The van der Waals surface area contributed by atoms with Crippen LogP contribution in [0.3, 0.4) is 0 Å². The van der Waals surface area contributed by atoms with E-state index < -0.39 is 0 Å². The molecule has 1 atom stereocenters. The van der Waals surface area contributed by atoms with Crippen LogP contribution in [0.2, 0.25) is 0 Å². The third-order valence-corrected chi connectivity index (χ3v) is 4.63. The normalized spacial score (nSPS) is 22.8. The van der Waals surface area contributed by atoms with Crippen LogP contribution in [0, 0.1) is 0 Å². The van der Waals surface area contributed by atoms with Gasteiger partial charge in [0.1, 0.15) is 0 Å². The van der Waals surface area contributed by atoms with Gasteiger partial charge in [-0.2, -0.15) is 0 Å². The number of ether oxygens (including phenoxy) is 1. The number of carbonyl (C=O) groups is 2. The first kappa shape index (κ1) is 17.7. The number of likely N-dealkylation sites (tertiary alicyclic amines) is 1. The molecule has 2 aliphatic rings. The maximum atomic E-state index is 12.5. The fraction of sp³-hybridized carbons (Fsp3) is 0.579. The Labute approximate surface area is 149 Å². The molecule has 0 spiro atoms. The predicted molar refractivity (Wildman–Crippen MR) is 96.8 cm³/mol. The number of hydrogen-bond acceptors (Lipinski definition) is 3.